The van der Waals surface area contributed by atoms with Gasteiger partial charge in [0.15, 0.2) is 11.5 Å². The van der Waals surface area contributed by atoms with E-state index in [1.54, 1.807) is 14.2 Å². The van der Waals surface area contributed by atoms with Crippen molar-refractivity contribution in [1.82, 2.24) is 5.32 Å². The number of methoxy groups -OCH3 is 2. The van der Waals surface area contributed by atoms with E-state index < -0.39 is 0 Å². The first kappa shape index (κ1) is 13.7. The third-order valence-corrected chi connectivity index (χ3v) is 4.51. The smallest absolute Gasteiger partial charge is 0.164 e. The Kier molecular flexibility index (Phi) is 4.13. The highest BCUT2D eigenvalue weighted by atomic mass is 16.5. The van der Waals surface area contributed by atoms with Crippen LogP contribution in [0.5, 0.6) is 11.5 Å². The quantitative estimate of drug-likeness (QED) is 0.919. The van der Waals surface area contributed by atoms with Crippen LogP contribution in [0.15, 0.2) is 12.1 Å². The van der Waals surface area contributed by atoms with E-state index >= 15 is 0 Å². The van der Waals surface area contributed by atoms with Crippen LogP contribution in [0.1, 0.15) is 24.0 Å². The molecule has 1 aromatic carbocycles. The van der Waals surface area contributed by atoms with Gasteiger partial charge in [0.05, 0.1) is 26.9 Å². The summed E-state index contributed by atoms with van der Waals surface area (Å²) in [4.78, 5) is 0. The lowest BCUT2D eigenvalue weighted by Gasteiger charge is -2.35. The fourth-order valence-electron chi connectivity index (χ4n) is 3.37. The number of piperidine rings is 1. The summed E-state index contributed by atoms with van der Waals surface area (Å²) in [5.74, 6) is 2.35. The second kappa shape index (κ2) is 6.02. The van der Waals surface area contributed by atoms with E-state index in [1.165, 1.54) is 24.0 Å². The zero-order chi connectivity index (χ0) is 13.9. The molecule has 2 aliphatic heterocycles. The van der Waals surface area contributed by atoms with Crippen molar-refractivity contribution in [2.45, 2.75) is 32.0 Å². The minimum absolute atomic E-state index is 0.311. The van der Waals surface area contributed by atoms with Gasteiger partial charge >= 0.3 is 0 Å². The molecule has 0 aromatic heterocycles. The van der Waals surface area contributed by atoms with E-state index in [0.29, 0.717) is 18.6 Å². The summed E-state index contributed by atoms with van der Waals surface area (Å²) in [6, 6.07) is 4.06. The van der Waals surface area contributed by atoms with Crippen LogP contribution in [0, 0.1) is 5.92 Å². The Labute approximate surface area is 120 Å². The molecule has 0 bridgehead atoms. The highest BCUT2D eigenvalue weighted by molar-refractivity contribution is 5.51. The highest BCUT2D eigenvalue weighted by Crippen LogP contribution is 2.39. The van der Waals surface area contributed by atoms with Gasteiger partial charge in [0, 0.05) is 12.0 Å². The molecule has 0 amide bonds. The van der Waals surface area contributed by atoms with Gasteiger partial charge in [-0.2, -0.15) is 0 Å². The SMILES string of the molecule is COc1ccc2c(c1OC)CC(C1CCNCC1)OC2. The van der Waals surface area contributed by atoms with Crippen LogP contribution in [-0.2, 0) is 17.8 Å². The molecule has 3 rings (SSSR count). The van der Waals surface area contributed by atoms with Crippen LogP contribution in [0.3, 0.4) is 0 Å². The first-order valence-corrected chi connectivity index (χ1v) is 7.38. The number of ether oxygens (including phenoxy) is 3. The first-order chi connectivity index (χ1) is 9.83. The van der Waals surface area contributed by atoms with Crippen molar-refractivity contribution in [3.05, 3.63) is 23.3 Å². The standard InChI is InChI=1S/C16H23NO3/c1-18-14-4-3-12-10-20-15(9-13(12)16(14)19-2)11-5-7-17-8-6-11/h3-4,11,15,17H,5-10H2,1-2H3. The summed E-state index contributed by atoms with van der Waals surface area (Å²) in [6.45, 7) is 2.89. The van der Waals surface area contributed by atoms with Gasteiger partial charge in [0.25, 0.3) is 0 Å². The lowest BCUT2D eigenvalue weighted by molar-refractivity contribution is -0.0188. The van der Waals surface area contributed by atoms with E-state index in [1.807, 2.05) is 6.07 Å². The van der Waals surface area contributed by atoms with E-state index in [0.717, 1.165) is 31.0 Å². The summed E-state index contributed by atoms with van der Waals surface area (Å²) >= 11 is 0. The number of nitrogens with one attached hydrogen (secondary N) is 1. The van der Waals surface area contributed by atoms with Crippen LogP contribution in [0.4, 0.5) is 0 Å². The lowest BCUT2D eigenvalue weighted by Crippen LogP contribution is -2.38. The number of hydrogen-bond donors (Lipinski definition) is 1. The molecule has 1 aromatic rings. The van der Waals surface area contributed by atoms with E-state index in [9.17, 15) is 0 Å². The van der Waals surface area contributed by atoms with E-state index in [2.05, 4.69) is 11.4 Å². The fourth-order valence-corrected chi connectivity index (χ4v) is 3.37. The van der Waals surface area contributed by atoms with Gasteiger partial charge in [-0.25, -0.2) is 0 Å². The Bertz CT molecular complexity index is 469. The molecule has 20 heavy (non-hydrogen) atoms. The molecule has 2 heterocycles. The number of benzene rings is 1. The van der Waals surface area contributed by atoms with Crippen molar-refractivity contribution in [3.8, 4) is 11.5 Å². The van der Waals surface area contributed by atoms with Gasteiger partial charge < -0.3 is 19.5 Å². The topological polar surface area (TPSA) is 39.7 Å². The zero-order valence-corrected chi connectivity index (χ0v) is 12.3. The Morgan fingerprint density at radius 3 is 2.65 bits per heavy atom. The first-order valence-electron chi connectivity index (χ1n) is 7.38. The molecule has 1 N–H and O–H groups in total. The second-order valence-electron chi connectivity index (χ2n) is 5.58. The van der Waals surface area contributed by atoms with Crippen LogP contribution < -0.4 is 14.8 Å². The molecule has 0 spiro atoms. The lowest BCUT2D eigenvalue weighted by atomic mass is 9.85. The maximum atomic E-state index is 6.09. The average Bonchev–Trinajstić information content (AvgIpc) is 2.54. The number of rotatable bonds is 3. The summed E-state index contributed by atoms with van der Waals surface area (Å²) in [5.41, 5.74) is 2.49. The van der Waals surface area contributed by atoms with Gasteiger partial charge in [0.2, 0.25) is 0 Å². The minimum Gasteiger partial charge on any atom is -0.493 e. The van der Waals surface area contributed by atoms with Gasteiger partial charge in [-0.1, -0.05) is 6.07 Å². The molecule has 0 aliphatic carbocycles. The maximum absolute atomic E-state index is 6.09. The second-order valence-corrected chi connectivity index (χ2v) is 5.58. The van der Waals surface area contributed by atoms with Crippen molar-refractivity contribution in [2.75, 3.05) is 27.3 Å². The molecule has 1 atom stereocenters. The molecule has 4 heteroatoms. The summed E-state index contributed by atoms with van der Waals surface area (Å²) in [5, 5.41) is 3.41. The normalized spacial score (nSPS) is 23.2. The molecule has 2 aliphatic rings. The van der Waals surface area contributed by atoms with E-state index in [-0.39, 0.29) is 0 Å². The van der Waals surface area contributed by atoms with Crippen LogP contribution in [0.2, 0.25) is 0 Å². The monoisotopic (exact) mass is 277 g/mol. The highest BCUT2D eigenvalue weighted by Gasteiger charge is 2.30. The van der Waals surface area contributed by atoms with Crippen molar-refractivity contribution < 1.29 is 14.2 Å². The van der Waals surface area contributed by atoms with E-state index in [4.69, 9.17) is 14.2 Å². The van der Waals surface area contributed by atoms with Crippen molar-refractivity contribution in [1.29, 1.82) is 0 Å². The largest absolute Gasteiger partial charge is 0.493 e. The van der Waals surface area contributed by atoms with Crippen LogP contribution in [0.25, 0.3) is 0 Å². The molecule has 110 valence electrons. The van der Waals surface area contributed by atoms with Gasteiger partial charge in [-0.3, -0.25) is 0 Å². The third kappa shape index (κ3) is 2.50. The van der Waals surface area contributed by atoms with Gasteiger partial charge in [0.1, 0.15) is 0 Å². The maximum Gasteiger partial charge on any atom is 0.164 e. The van der Waals surface area contributed by atoms with Crippen molar-refractivity contribution >= 4 is 0 Å². The number of hydrogen-bond acceptors (Lipinski definition) is 4. The van der Waals surface area contributed by atoms with Crippen molar-refractivity contribution in [2.24, 2.45) is 5.92 Å². The fraction of sp³-hybridized carbons (Fsp3) is 0.625. The van der Waals surface area contributed by atoms with Gasteiger partial charge in [-0.05, 0) is 43.5 Å². The molecule has 1 unspecified atom stereocenters. The molecule has 1 saturated heterocycles. The Morgan fingerprint density at radius 2 is 1.95 bits per heavy atom. The molecule has 1 fully saturated rings. The van der Waals surface area contributed by atoms with Crippen molar-refractivity contribution in [3.63, 3.8) is 0 Å². The number of fused-ring (bicyclic) bond motifs is 1. The summed E-state index contributed by atoms with van der Waals surface area (Å²) < 4.78 is 17.1. The average molecular weight is 277 g/mol. The Hall–Kier alpha value is -1.26. The summed E-state index contributed by atoms with van der Waals surface area (Å²) in [7, 11) is 3.40. The predicted molar refractivity (Wildman–Crippen MR) is 77.4 cm³/mol. The summed E-state index contributed by atoms with van der Waals surface area (Å²) in [6.07, 6.45) is 3.64. The Morgan fingerprint density at radius 1 is 1.15 bits per heavy atom. The molecular formula is C16H23NO3. The molecule has 4 nitrogen and oxygen atoms in total. The zero-order valence-electron chi connectivity index (χ0n) is 12.3. The van der Waals surface area contributed by atoms with Gasteiger partial charge in [-0.15, -0.1) is 0 Å². The third-order valence-electron chi connectivity index (χ3n) is 4.51. The molecule has 0 saturated carbocycles. The molecular weight excluding hydrogens is 254 g/mol. The molecule has 0 radical (unpaired) electrons. The Balaban J connectivity index is 1.85. The van der Waals surface area contributed by atoms with Crippen LogP contribution in [-0.4, -0.2) is 33.4 Å². The minimum atomic E-state index is 0.311. The predicted octanol–water partition coefficient (Wildman–Crippen LogP) is 2.14. The van der Waals surface area contributed by atoms with Crippen LogP contribution >= 0.6 is 0 Å².